The van der Waals surface area contributed by atoms with E-state index in [1.54, 1.807) is 12.1 Å². The number of aryl methyl sites for hydroxylation is 1. The van der Waals surface area contributed by atoms with Gasteiger partial charge in [-0.2, -0.15) is 0 Å². The van der Waals surface area contributed by atoms with E-state index in [2.05, 4.69) is 20.9 Å². The van der Waals surface area contributed by atoms with Crippen LogP contribution in [0.4, 0.5) is 10.1 Å². The van der Waals surface area contributed by atoms with Gasteiger partial charge in [0.2, 0.25) is 11.8 Å². The number of nitrogens with two attached hydrogens (primary N) is 1. The summed E-state index contributed by atoms with van der Waals surface area (Å²) >= 11 is 0. The number of halogens is 1. The molecule has 0 aliphatic carbocycles. The third-order valence-electron chi connectivity index (χ3n) is 5.98. The predicted octanol–water partition coefficient (Wildman–Crippen LogP) is 2.37. The fourth-order valence-electron chi connectivity index (χ4n) is 4.09. The molecule has 0 spiro atoms. The standard InChI is InChI=1S/C25H28FN5O2/c26-19-7-9-21-18(11-19)12-20(15-29-21)30-24(32)22(8-6-16-4-2-1-3-5-16)31-25(33)23-10-17(13-27)14-28-23/h1-5,7,9,11-12,15,17,22-23,28H,6,8,10,13-14,27H2,(H,30,32)(H,31,33)/t17?,22-,23?/m1/s1. The first-order valence-corrected chi connectivity index (χ1v) is 11.2. The lowest BCUT2D eigenvalue weighted by Crippen LogP contribution is -2.50. The Bertz CT molecular complexity index is 1120. The first-order chi connectivity index (χ1) is 16.0. The number of carbonyl (C=O) groups excluding carboxylic acids is 2. The Morgan fingerprint density at radius 3 is 2.76 bits per heavy atom. The number of nitrogens with one attached hydrogen (secondary N) is 3. The van der Waals surface area contributed by atoms with Gasteiger partial charge in [0.15, 0.2) is 0 Å². The summed E-state index contributed by atoms with van der Waals surface area (Å²) in [7, 11) is 0. The summed E-state index contributed by atoms with van der Waals surface area (Å²) in [6, 6.07) is 14.7. The smallest absolute Gasteiger partial charge is 0.247 e. The van der Waals surface area contributed by atoms with Crippen molar-refractivity contribution >= 4 is 28.4 Å². The third kappa shape index (κ3) is 5.91. The van der Waals surface area contributed by atoms with Gasteiger partial charge in [-0.15, -0.1) is 0 Å². The van der Waals surface area contributed by atoms with E-state index < -0.39 is 6.04 Å². The summed E-state index contributed by atoms with van der Waals surface area (Å²) in [4.78, 5) is 30.3. The molecule has 7 nitrogen and oxygen atoms in total. The van der Waals surface area contributed by atoms with Crippen molar-refractivity contribution in [3.63, 3.8) is 0 Å². The average molecular weight is 450 g/mol. The van der Waals surface area contributed by atoms with Gasteiger partial charge >= 0.3 is 0 Å². The average Bonchev–Trinajstić information content (AvgIpc) is 3.31. The predicted molar refractivity (Wildman–Crippen MR) is 126 cm³/mol. The second-order valence-electron chi connectivity index (χ2n) is 8.43. The Hall–Kier alpha value is -3.36. The van der Waals surface area contributed by atoms with Crippen LogP contribution in [0, 0.1) is 11.7 Å². The lowest BCUT2D eigenvalue weighted by molar-refractivity contribution is -0.127. The monoisotopic (exact) mass is 449 g/mol. The van der Waals surface area contributed by atoms with Crippen molar-refractivity contribution in [2.24, 2.45) is 11.7 Å². The minimum atomic E-state index is -0.736. The number of aromatic nitrogens is 1. The van der Waals surface area contributed by atoms with E-state index in [4.69, 9.17) is 5.73 Å². The number of fused-ring (bicyclic) bond motifs is 1. The molecular weight excluding hydrogens is 421 g/mol. The number of anilines is 1. The highest BCUT2D eigenvalue weighted by molar-refractivity contribution is 5.99. The van der Waals surface area contributed by atoms with E-state index in [0.717, 1.165) is 5.56 Å². The van der Waals surface area contributed by atoms with Crippen LogP contribution in [0.2, 0.25) is 0 Å². The summed E-state index contributed by atoms with van der Waals surface area (Å²) in [6.07, 6.45) is 3.24. The number of pyridine rings is 1. The molecule has 1 saturated heterocycles. The molecule has 33 heavy (non-hydrogen) atoms. The second kappa shape index (κ2) is 10.5. The van der Waals surface area contributed by atoms with Gasteiger partial charge in [0.05, 0.1) is 23.4 Å². The van der Waals surface area contributed by atoms with Gasteiger partial charge in [-0.1, -0.05) is 30.3 Å². The molecule has 1 fully saturated rings. The SMILES string of the molecule is NCC1CNC(C(=O)N[C@H](CCc2ccccc2)C(=O)Nc2cnc3ccc(F)cc3c2)C1. The van der Waals surface area contributed by atoms with E-state index >= 15 is 0 Å². The molecule has 8 heteroatoms. The number of hydrogen-bond acceptors (Lipinski definition) is 5. The van der Waals surface area contributed by atoms with E-state index in [-0.39, 0.29) is 29.6 Å². The van der Waals surface area contributed by atoms with Crippen LogP contribution in [0.5, 0.6) is 0 Å². The first-order valence-electron chi connectivity index (χ1n) is 11.2. The molecular formula is C25H28FN5O2. The highest BCUT2D eigenvalue weighted by Gasteiger charge is 2.31. The van der Waals surface area contributed by atoms with Crippen molar-refractivity contribution in [3.05, 3.63) is 72.2 Å². The zero-order valence-electron chi connectivity index (χ0n) is 18.3. The van der Waals surface area contributed by atoms with Gasteiger partial charge in [-0.3, -0.25) is 14.6 Å². The first kappa shape index (κ1) is 22.8. The fourth-order valence-corrected chi connectivity index (χ4v) is 4.09. The third-order valence-corrected chi connectivity index (χ3v) is 5.98. The summed E-state index contributed by atoms with van der Waals surface area (Å²) in [6.45, 7) is 1.21. The maximum atomic E-state index is 13.6. The minimum Gasteiger partial charge on any atom is -0.343 e. The van der Waals surface area contributed by atoms with Crippen molar-refractivity contribution in [3.8, 4) is 0 Å². The number of benzene rings is 2. The largest absolute Gasteiger partial charge is 0.343 e. The van der Waals surface area contributed by atoms with E-state index in [1.807, 2.05) is 30.3 Å². The summed E-state index contributed by atoms with van der Waals surface area (Å²) in [5, 5.41) is 9.50. The van der Waals surface area contributed by atoms with Crippen LogP contribution < -0.4 is 21.7 Å². The molecule has 0 bridgehead atoms. The van der Waals surface area contributed by atoms with Crippen LogP contribution in [0.3, 0.4) is 0 Å². The molecule has 4 rings (SSSR count). The molecule has 2 unspecified atom stereocenters. The maximum Gasteiger partial charge on any atom is 0.247 e. The topological polar surface area (TPSA) is 109 Å². The summed E-state index contributed by atoms with van der Waals surface area (Å²) in [5.41, 5.74) is 7.88. The molecule has 2 amide bonds. The number of hydrogen-bond donors (Lipinski definition) is 4. The minimum absolute atomic E-state index is 0.210. The quantitative estimate of drug-likeness (QED) is 0.422. The van der Waals surface area contributed by atoms with Gasteiger partial charge in [0, 0.05) is 5.39 Å². The fraction of sp³-hybridized carbons (Fsp3) is 0.320. The Labute approximate surface area is 192 Å². The number of rotatable bonds is 8. The van der Waals surface area contributed by atoms with Crippen molar-refractivity contribution in [2.75, 3.05) is 18.4 Å². The summed E-state index contributed by atoms with van der Waals surface area (Å²) in [5.74, 6) is -0.676. The zero-order chi connectivity index (χ0) is 23.2. The van der Waals surface area contributed by atoms with Crippen molar-refractivity contribution in [2.45, 2.75) is 31.3 Å². The Morgan fingerprint density at radius 1 is 1.18 bits per heavy atom. The molecule has 1 aliphatic heterocycles. The molecule has 2 heterocycles. The van der Waals surface area contributed by atoms with Crippen LogP contribution in [-0.4, -0.2) is 42.0 Å². The van der Waals surface area contributed by atoms with Gasteiger partial charge in [-0.25, -0.2) is 4.39 Å². The zero-order valence-corrected chi connectivity index (χ0v) is 18.3. The van der Waals surface area contributed by atoms with Crippen LogP contribution in [0.15, 0.2) is 60.8 Å². The Balaban J connectivity index is 1.47. The lowest BCUT2D eigenvalue weighted by atomic mass is 10.0. The normalized spacial score (nSPS) is 18.7. The van der Waals surface area contributed by atoms with Crippen LogP contribution in [0.25, 0.3) is 10.9 Å². The van der Waals surface area contributed by atoms with Crippen LogP contribution in [-0.2, 0) is 16.0 Å². The van der Waals surface area contributed by atoms with Crippen LogP contribution >= 0.6 is 0 Å². The number of carbonyl (C=O) groups is 2. The van der Waals surface area contributed by atoms with E-state index in [9.17, 15) is 14.0 Å². The maximum absolute atomic E-state index is 13.6. The van der Waals surface area contributed by atoms with Crippen molar-refractivity contribution in [1.29, 1.82) is 0 Å². The molecule has 1 aromatic heterocycles. The lowest BCUT2D eigenvalue weighted by Gasteiger charge is -2.21. The molecule has 2 aromatic carbocycles. The molecule has 172 valence electrons. The molecule has 3 atom stereocenters. The molecule has 0 saturated carbocycles. The molecule has 0 radical (unpaired) electrons. The van der Waals surface area contributed by atoms with Crippen molar-refractivity contribution in [1.82, 2.24) is 15.6 Å². The van der Waals surface area contributed by atoms with Crippen LogP contribution in [0.1, 0.15) is 18.4 Å². The van der Waals surface area contributed by atoms with Gasteiger partial charge in [-0.05, 0) is 68.1 Å². The van der Waals surface area contributed by atoms with E-state index in [1.165, 1.54) is 18.3 Å². The van der Waals surface area contributed by atoms with Gasteiger partial charge < -0.3 is 21.7 Å². The molecule has 5 N–H and O–H groups in total. The Kier molecular flexibility index (Phi) is 7.26. The Morgan fingerprint density at radius 2 is 2.00 bits per heavy atom. The van der Waals surface area contributed by atoms with Gasteiger partial charge in [0.1, 0.15) is 11.9 Å². The van der Waals surface area contributed by atoms with Gasteiger partial charge in [0.25, 0.3) is 0 Å². The van der Waals surface area contributed by atoms with E-state index in [0.29, 0.717) is 48.9 Å². The second-order valence-corrected chi connectivity index (χ2v) is 8.43. The highest BCUT2D eigenvalue weighted by Crippen LogP contribution is 2.19. The van der Waals surface area contributed by atoms with Crippen molar-refractivity contribution < 1.29 is 14.0 Å². The number of amides is 2. The molecule has 1 aliphatic rings. The molecule has 3 aromatic rings. The highest BCUT2D eigenvalue weighted by atomic mass is 19.1. The number of nitrogens with zero attached hydrogens (tertiary/aromatic N) is 1. The summed E-state index contributed by atoms with van der Waals surface area (Å²) < 4.78 is 13.6.